The Kier molecular flexibility index (Phi) is 3.06. The molecular formula is C14H16FN3O. The molecule has 1 aromatic carbocycles. The van der Waals surface area contributed by atoms with E-state index in [1.54, 1.807) is 6.07 Å². The number of hydrogen-bond acceptors (Lipinski definition) is 4. The van der Waals surface area contributed by atoms with Crippen molar-refractivity contribution in [3.05, 3.63) is 35.5 Å². The van der Waals surface area contributed by atoms with Crippen molar-refractivity contribution in [2.75, 3.05) is 13.1 Å². The molecule has 1 fully saturated rings. The average molecular weight is 261 g/mol. The molecule has 1 N–H and O–H groups in total. The lowest BCUT2D eigenvalue weighted by Crippen LogP contribution is -2.08. The minimum Gasteiger partial charge on any atom is -0.339 e. The van der Waals surface area contributed by atoms with E-state index in [1.807, 2.05) is 6.92 Å². The summed E-state index contributed by atoms with van der Waals surface area (Å²) in [6.07, 6.45) is 0. The standard InChI is InChI=1S/C14H16FN3O/c1-8-5-10(15)3-4-11(8)13-17-14(19-18-13)12-7-16-6-9(12)2/h3-5,9,12,16H,6-7H2,1-2H3/t9-,12-/m1/s1. The van der Waals surface area contributed by atoms with Gasteiger partial charge in [0.15, 0.2) is 0 Å². The van der Waals surface area contributed by atoms with Crippen molar-refractivity contribution < 1.29 is 8.91 Å². The lowest BCUT2D eigenvalue weighted by molar-refractivity contribution is 0.340. The van der Waals surface area contributed by atoms with Crippen LogP contribution in [0.2, 0.25) is 0 Å². The zero-order chi connectivity index (χ0) is 13.4. The molecule has 0 amide bonds. The predicted molar refractivity (Wildman–Crippen MR) is 69.2 cm³/mol. The molecule has 3 rings (SSSR count). The minimum atomic E-state index is -0.251. The zero-order valence-corrected chi connectivity index (χ0v) is 11.0. The third-order valence-electron chi connectivity index (χ3n) is 3.71. The Hall–Kier alpha value is -1.75. The Morgan fingerprint density at radius 2 is 2.21 bits per heavy atom. The number of aryl methyl sites for hydroxylation is 1. The maximum Gasteiger partial charge on any atom is 0.231 e. The summed E-state index contributed by atoms with van der Waals surface area (Å²) in [7, 11) is 0. The largest absolute Gasteiger partial charge is 0.339 e. The molecule has 1 aliphatic heterocycles. The molecule has 5 heteroatoms. The van der Waals surface area contributed by atoms with E-state index in [2.05, 4.69) is 22.4 Å². The van der Waals surface area contributed by atoms with Crippen molar-refractivity contribution in [1.29, 1.82) is 0 Å². The highest BCUT2D eigenvalue weighted by atomic mass is 19.1. The summed E-state index contributed by atoms with van der Waals surface area (Å²) in [5, 5.41) is 7.33. The van der Waals surface area contributed by atoms with Gasteiger partial charge in [-0.15, -0.1) is 0 Å². The number of halogens is 1. The highest BCUT2D eigenvalue weighted by Crippen LogP contribution is 2.29. The van der Waals surface area contributed by atoms with Gasteiger partial charge in [0.25, 0.3) is 0 Å². The molecule has 0 saturated carbocycles. The van der Waals surface area contributed by atoms with Crippen LogP contribution in [0.15, 0.2) is 22.7 Å². The molecule has 19 heavy (non-hydrogen) atoms. The number of nitrogens with zero attached hydrogens (tertiary/aromatic N) is 2. The maximum absolute atomic E-state index is 13.1. The highest BCUT2D eigenvalue weighted by Gasteiger charge is 2.29. The van der Waals surface area contributed by atoms with E-state index in [0.29, 0.717) is 17.6 Å². The van der Waals surface area contributed by atoms with Crippen LogP contribution in [0, 0.1) is 18.7 Å². The van der Waals surface area contributed by atoms with Crippen LogP contribution < -0.4 is 5.32 Å². The summed E-state index contributed by atoms with van der Waals surface area (Å²) in [5.41, 5.74) is 1.62. The predicted octanol–water partition coefficient (Wildman–Crippen LogP) is 2.51. The van der Waals surface area contributed by atoms with Gasteiger partial charge in [-0.05, 0) is 43.1 Å². The van der Waals surface area contributed by atoms with Crippen molar-refractivity contribution in [2.24, 2.45) is 5.92 Å². The van der Waals surface area contributed by atoms with Crippen molar-refractivity contribution in [2.45, 2.75) is 19.8 Å². The molecule has 0 radical (unpaired) electrons. The van der Waals surface area contributed by atoms with Gasteiger partial charge in [-0.2, -0.15) is 4.98 Å². The Bertz CT molecular complexity index is 596. The Balaban J connectivity index is 1.92. The first-order valence-electron chi connectivity index (χ1n) is 6.46. The topological polar surface area (TPSA) is 51.0 Å². The number of benzene rings is 1. The lowest BCUT2D eigenvalue weighted by atomic mass is 9.98. The Morgan fingerprint density at radius 1 is 1.37 bits per heavy atom. The molecule has 2 atom stereocenters. The molecular weight excluding hydrogens is 245 g/mol. The SMILES string of the molecule is Cc1cc(F)ccc1-c1noc([C@@H]2CNC[C@H]2C)n1. The first kappa shape index (κ1) is 12.3. The Labute approximate surface area is 111 Å². The van der Waals surface area contributed by atoms with E-state index in [1.165, 1.54) is 12.1 Å². The van der Waals surface area contributed by atoms with Crippen molar-refractivity contribution in [3.8, 4) is 11.4 Å². The second-order valence-corrected chi connectivity index (χ2v) is 5.16. The van der Waals surface area contributed by atoms with Gasteiger partial charge >= 0.3 is 0 Å². The lowest BCUT2D eigenvalue weighted by Gasteiger charge is -2.07. The summed E-state index contributed by atoms with van der Waals surface area (Å²) in [6.45, 7) is 5.84. The molecule has 0 bridgehead atoms. The van der Waals surface area contributed by atoms with Crippen LogP contribution in [-0.4, -0.2) is 23.2 Å². The number of rotatable bonds is 2. The quantitative estimate of drug-likeness (QED) is 0.902. The molecule has 2 heterocycles. The van der Waals surface area contributed by atoms with Crippen LogP contribution in [-0.2, 0) is 0 Å². The van der Waals surface area contributed by atoms with Gasteiger partial charge in [0, 0.05) is 12.1 Å². The van der Waals surface area contributed by atoms with E-state index in [4.69, 9.17) is 4.52 Å². The number of hydrogen-bond donors (Lipinski definition) is 1. The average Bonchev–Trinajstić information content (AvgIpc) is 2.97. The first-order valence-corrected chi connectivity index (χ1v) is 6.46. The van der Waals surface area contributed by atoms with Crippen molar-refractivity contribution in [3.63, 3.8) is 0 Å². The number of nitrogens with one attached hydrogen (secondary N) is 1. The van der Waals surface area contributed by atoms with E-state index in [9.17, 15) is 4.39 Å². The summed E-state index contributed by atoms with van der Waals surface area (Å²) in [5.74, 6) is 1.70. The second kappa shape index (κ2) is 4.74. The molecule has 1 aliphatic rings. The minimum absolute atomic E-state index is 0.251. The monoisotopic (exact) mass is 261 g/mol. The fourth-order valence-electron chi connectivity index (χ4n) is 2.51. The van der Waals surface area contributed by atoms with Crippen LogP contribution in [0.25, 0.3) is 11.4 Å². The zero-order valence-electron chi connectivity index (χ0n) is 11.0. The molecule has 0 aliphatic carbocycles. The van der Waals surface area contributed by atoms with Gasteiger partial charge in [0.1, 0.15) is 5.82 Å². The number of aromatic nitrogens is 2. The van der Waals surface area contributed by atoms with E-state index < -0.39 is 0 Å². The summed E-state index contributed by atoms with van der Waals surface area (Å²) >= 11 is 0. The fraction of sp³-hybridized carbons (Fsp3) is 0.429. The van der Waals surface area contributed by atoms with Crippen LogP contribution in [0.4, 0.5) is 4.39 Å². The molecule has 0 spiro atoms. The van der Waals surface area contributed by atoms with E-state index in [0.717, 1.165) is 24.2 Å². The summed E-state index contributed by atoms with van der Waals surface area (Å²) in [6, 6.07) is 4.58. The third kappa shape index (κ3) is 2.26. The van der Waals surface area contributed by atoms with Crippen LogP contribution >= 0.6 is 0 Å². The van der Waals surface area contributed by atoms with Crippen LogP contribution in [0.1, 0.15) is 24.3 Å². The summed E-state index contributed by atoms with van der Waals surface area (Å²) in [4.78, 5) is 4.46. The fourth-order valence-corrected chi connectivity index (χ4v) is 2.51. The molecule has 4 nitrogen and oxygen atoms in total. The third-order valence-corrected chi connectivity index (χ3v) is 3.71. The highest BCUT2D eigenvalue weighted by molar-refractivity contribution is 5.59. The van der Waals surface area contributed by atoms with Crippen molar-refractivity contribution in [1.82, 2.24) is 15.5 Å². The maximum atomic E-state index is 13.1. The molecule has 0 unspecified atom stereocenters. The van der Waals surface area contributed by atoms with Crippen LogP contribution in [0.3, 0.4) is 0 Å². The summed E-state index contributed by atoms with van der Waals surface area (Å²) < 4.78 is 18.5. The van der Waals surface area contributed by atoms with E-state index in [-0.39, 0.29) is 11.7 Å². The smallest absolute Gasteiger partial charge is 0.231 e. The second-order valence-electron chi connectivity index (χ2n) is 5.16. The van der Waals surface area contributed by atoms with Gasteiger partial charge in [-0.3, -0.25) is 0 Å². The van der Waals surface area contributed by atoms with Gasteiger partial charge in [0.2, 0.25) is 11.7 Å². The molecule has 2 aromatic rings. The van der Waals surface area contributed by atoms with Gasteiger partial charge in [-0.25, -0.2) is 4.39 Å². The van der Waals surface area contributed by atoms with Gasteiger partial charge in [-0.1, -0.05) is 12.1 Å². The first-order chi connectivity index (χ1) is 9.15. The van der Waals surface area contributed by atoms with Gasteiger partial charge in [0.05, 0.1) is 5.92 Å². The molecule has 1 saturated heterocycles. The molecule has 100 valence electrons. The van der Waals surface area contributed by atoms with E-state index >= 15 is 0 Å². The normalized spacial score (nSPS) is 22.9. The Morgan fingerprint density at radius 3 is 2.89 bits per heavy atom. The van der Waals surface area contributed by atoms with Crippen molar-refractivity contribution >= 4 is 0 Å². The molecule has 1 aromatic heterocycles. The van der Waals surface area contributed by atoms with Gasteiger partial charge < -0.3 is 9.84 Å². The van der Waals surface area contributed by atoms with Crippen LogP contribution in [0.5, 0.6) is 0 Å².